The van der Waals surface area contributed by atoms with Crippen LogP contribution < -0.4 is 31.1 Å². The van der Waals surface area contributed by atoms with Crippen LogP contribution in [0.3, 0.4) is 0 Å². The van der Waals surface area contributed by atoms with Crippen LogP contribution in [0.2, 0.25) is 0 Å². The highest BCUT2D eigenvalue weighted by molar-refractivity contribution is 7.00. The number of aromatic nitrogens is 1. The molecule has 5 nitrogen and oxygen atoms in total. The summed E-state index contributed by atoms with van der Waals surface area (Å²) in [6.07, 6.45) is 0. The molecule has 4 heterocycles. The van der Waals surface area contributed by atoms with Gasteiger partial charge in [0.15, 0.2) is 0 Å². The molecule has 0 atom stereocenters. The number of hydrogen-bond acceptors (Lipinski definition) is 4. The minimum atomic E-state index is -0.0795. The molecule has 0 saturated heterocycles. The summed E-state index contributed by atoms with van der Waals surface area (Å²) in [5.41, 5.74) is 24.3. The Morgan fingerprint density at radius 2 is 0.873 bits per heavy atom. The van der Waals surface area contributed by atoms with Gasteiger partial charge in [-0.25, -0.2) is 0 Å². The van der Waals surface area contributed by atoms with Crippen LogP contribution in [0.15, 0.2) is 217 Å². The monoisotopic (exact) mass is 1020 g/mol. The van der Waals surface area contributed by atoms with Crippen molar-refractivity contribution in [1.82, 2.24) is 4.57 Å². The molecule has 0 fully saturated rings. The van der Waals surface area contributed by atoms with Gasteiger partial charge in [0, 0.05) is 84.5 Å². The predicted molar refractivity (Wildman–Crippen MR) is 338 cm³/mol. The van der Waals surface area contributed by atoms with Gasteiger partial charge < -0.3 is 23.7 Å². The molecule has 0 radical (unpaired) electrons. The Balaban J connectivity index is 1.03. The standard InChI is InChI=1S/C73H65BN4O/c1-46-40-66-70-67(41-46)78(55-34-37-59-58-21-15-17-23-68(58)79-69(59)45-55)64-42-49(73(8,9)10)28-38-60(64)74(70)61-39-35-54(44-65(61)77(66)52-31-26-48(27-32-52)72(5,6)7)75(51-29-24-47(25-30-51)71(2,3)4)53-33-36-57-56-20-14-16-22-62(56)76(63(57)43-53)50-18-12-11-13-19-50/h11-45H,1-10H3. The van der Waals surface area contributed by atoms with E-state index in [9.17, 15) is 0 Å². The second kappa shape index (κ2) is 17.6. The van der Waals surface area contributed by atoms with Crippen LogP contribution >= 0.6 is 0 Å². The normalized spacial score (nSPS) is 13.4. The fourth-order valence-corrected chi connectivity index (χ4v) is 12.8. The molecule has 6 heteroatoms. The Bertz CT molecular complexity index is 4390. The van der Waals surface area contributed by atoms with E-state index < -0.39 is 0 Å². The Morgan fingerprint density at radius 1 is 0.367 bits per heavy atom. The molecule has 2 aliphatic heterocycles. The SMILES string of the molecule is Cc1cc2c3c(c1)N(c1ccc4c(c1)oc1ccccc14)c1cc(C(C)(C)C)ccc1B3c1ccc(N(c3ccc(C(C)(C)C)cc3)c3ccc4c5ccccc5n(-c5ccccc5)c4c3)cc1N2c1ccc(C(C)(C)C)cc1. The number of furan rings is 1. The van der Waals surface area contributed by atoms with Gasteiger partial charge in [-0.3, -0.25) is 0 Å². The van der Waals surface area contributed by atoms with Crippen LogP contribution in [0.4, 0.5) is 51.2 Å². The van der Waals surface area contributed by atoms with Crippen molar-refractivity contribution in [2.75, 3.05) is 14.7 Å². The van der Waals surface area contributed by atoms with Crippen molar-refractivity contribution in [3.63, 3.8) is 0 Å². The van der Waals surface area contributed by atoms with E-state index in [0.29, 0.717) is 0 Å². The average Bonchev–Trinajstić information content (AvgIpc) is 4.05. The largest absolute Gasteiger partial charge is 0.456 e. The van der Waals surface area contributed by atoms with E-state index in [-0.39, 0.29) is 23.0 Å². The lowest BCUT2D eigenvalue weighted by molar-refractivity contribution is 0.590. The first-order chi connectivity index (χ1) is 38.0. The number of anilines is 9. The van der Waals surface area contributed by atoms with E-state index in [4.69, 9.17) is 4.42 Å². The summed E-state index contributed by atoms with van der Waals surface area (Å²) < 4.78 is 9.05. The molecular formula is C73H65BN4O. The molecule has 0 saturated carbocycles. The van der Waals surface area contributed by atoms with Crippen LogP contribution in [0.25, 0.3) is 49.4 Å². The highest BCUT2D eigenvalue weighted by Crippen LogP contribution is 2.49. The van der Waals surface area contributed by atoms with Gasteiger partial charge in [0.25, 0.3) is 6.71 Å². The fraction of sp³-hybridized carbons (Fsp3) is 0.178. The van der Waals surface area contributed by atoms with Crippen molar-refractivity contribution >= 4 is 118 Å². The molecule has 0 spiro atoms. The van der Waals surface area contributed by atoms with Crippen molar-refractivity contribution in [2.45, 2.75) is 85.5 Å². The van der Waals surface area contributed by atoms with Gasteiger partial charge in [-0.15, -0.1) is 0 Å². The quantitative estimate of drug-likeness (QED) is 0.155. The first-order valence-corrected chi connectivity index (χ1v) is 28.0. The van der Waals surface area contributed by atoms with E-state index in [1.165, 1.54) is 72.0 Å². The lowest BCUT2D eigenvalue weighted by Crippen LogP contribution is -2.61. The number of benzene rings is 10. The highest BCUT2D eigenvalue weighted by atomic mass is 16.3. The van der Waals surface area contributed by atoms with Gasteiger partial charge in [-0.2, -0.15) is 0 Å². The second-order valence-corrected chi connectivity index (χ2v) is 25.2. The second-order valence-electron chi connectivity index (χ2n) is 25.2. The molecule has 2 aromatic heterocycles. The van der Waals surface area contributed by atoms with Gasteiger partial charge in [0.2, 0.25) is 0 Å². The summed E-state index contributed by atoms with van der Waals surface area (Å²) in [6.45, 7) is 22.9. The van der Waals surface area contributed by atoms with Gasteiger partial charge in [0.1, 0.15) is 11.2 Å². The number of rotatable bonds is 6. The zero-order valence-electron chi connectivity index (χ0n) is 47.0. The highest BCUT2D eigenvalue weighted by Gasteiger charge is 2.44. The first-order valence-electron chi connectivity index (χ1n) is 28.0. The van der Waals surface area contributed by atoms with Crippen molar-refractivity contribution in [2.24, 2.45) is 0 Å². The van der Waals surface area contributed by atoms with Crippen LogP contribution in [0.5, 0.6) is 0 Å². The van der Waals surface area contributed by atoms with Crippen molar-refractivity contribution in [3.8, 4) is 5.69 Å². The zero-order chi connectivity index (χ0) is 54.3. The van der Waals surface area contributed by atoms with Gasteiger partial charge >= 0.3 is 0 Å². The summed E-state index contributed by atoms with van der Waals surface area (Å²) in [6, 6.07) is 79.7. The van der Waals surface area contributed by atoms with Crippen LogP contribution in [-0.2, 0) is 16.2 Å². The van der Waals surface area contributed by atoms with Crippen LogP contribution in [-0.4, -0.2) is 11.3 Å². The number of para-hydroxylation sites is 3. The summed E-state index contributed by atoms with van der Waals surface area (Å²) >= 11 is 0. The molecule has 10 aromatic carbocycles. The maximum Gasteiger partial charge on any atom is 0.252 e. The molecule has 0 aliphatic carbocycles. The van der Waals surface area contributed by atoms with Gasteiger partial charge in [-0.1, -0.05) is 165 Å². The fourth-order valence-electron chi connectivity index (χ4n) is 12.8. The number of nitrogens with zero attached hydrogens (tertiary/aromatic N) is 4. The number of hydrogen-bond donors (Lipinski definition) is 0. The number of aryl methyl sites for hydroxylation is 1. The molecule has 386 valence electrons. The van der Waals surface area contributed by atoms with Gasteiger partial charge in [0.05, 0.1) is 11.0 Å². The minimum Gasteiger partial charge on any atom is -0.456 e. The first kappa shape index (κ1) is 48.6. The third-order valence-corrected chi connectivity index (χ3v) is 16.9. The van der Waals surface area contributed by atoms with E-state index in [1.54, 1.807) is 0 Å². The molecule has 0 unspecified atom stereocenters. The molecule has 14 rings (SSSR count). The Kier molecular flexibility index (Phi) is 10.9. The van der Waals surface area contributed by atoms with Crippen molar-refractivity contribution < 1.29 is 4.42 Å². The van der Waals surface area contributed by atoms with E-state index >= 15 is 0 Å². The molecule has 12 aromatic rings. The van der Waals surface area contributed by atoms with E-state index in [0.717, 1.165) is 67.3 Å². The molecule has 2 aliphatic rings. The maximum atomic E-state index is 6.63. The van der Waals surface area contributed by atoms with E-state index in [2.05, 4.69) is 301 Å². The Hall–Kier alpha value is -8.74. The number of fused-ring (bicyclic) bond motifs is 10. The van der Waals surface area contributed by atoms with Crippen LogP contribution in [0, 0.1) is 6.92 Å². The molecule has 0 amide bonds. The third kappa shape index (κ3) is 7.89. The maximum absolute atomic E-state index is 6.63. The topological polar surface area (TPSA) is 27.8 Å². The summed E-state index contributed by atoms with van der Waals surface area (Å²) in [5.74, 6) is 0. The molecule has 0 N–H and O–H groups in total. The minimum absolute atomic E-state index is 0.00217. The van der Waals surface area contributed by atoms with Crippen molar-refractivity contribution in [1.29, 1.82) is 0 Å². The smallest absolute Gasteiger partial charge is 0.252 e. The lowest BCUT2D eigenvalue weighted by Gasteiger charge is -2.45. The Morgan fingerprint density at radius 3 is 1.57 bits per heavy atom. The van der Waals surface area contributed by atoms with Crippen molar-refractivity contribution in [3.05, 3.63) is 235 Å². The summed E-state index contributed by atoms with van der Waals surface area (Å²) in [4.78, 5) is 7.55. The summed E-state index contributed by atoms with van der Waals surface area (Å²) in [7, 11) is 0. The Labute approximate surface area is 465 Å². The summed E-state index contributed by atoms with van der Waals surface area (Å²) in [5, 5.41) is 4.71. The predicted octanol–water partition coefficient (Wildman–Crippen LogP) is 18.4. The van der Waals surface area contributed by atoms with Crippen LogP contribution in [0.1, 0.15) is 84.6 Å². The van der Waals surface area contributed by atoms with E-state index in [1.807, 2.05) is 0 Å². The molecular weight excluding hydrogens is 960 g/mol. The lowest BCUT2D eigenvalue weighted by atomic mass is 9.33. The average molecular weight is 1030 g/mol. The molecule has 0 bridgehead atoms. The van der Waals surface area contributed by atoms with Gasteiger partial charge in [-0.05, 0) is 165 Å². The zero-order valence-corrected chi connectivity index (χ0v) is 47.0. The third-order valence-electron chi connectivity index (χ3n) is 16.9. The molecule has 79 heavy (non-hydrogen) atoms.